The van der Waals surface area contributed by atoms with Crippen LogP contribution in [0.2, 0.25) is 0 Å². The van der Waals surface area contributed by atoms with Crippen molar-refractivity contribution >= 4 is 26.9 Å². The minimum atomic E-state index is -3.20. The molecule has 0 aliphatic rings. The first-order valence-electron chi connectivity index (χ1n) is 6.92. The predicted octanol–water partition coefficient (Wildman–Crippen LogP) is 3.21. The Kier molecular flexibility index (Phi) is 5.00. The Hall–Kier alpha value is -1.40. The largest absolute Gasteiger partial charge is 0.384 e. The van der Waals surface area contributed by atoms with Crippen molar-refractivity contribution in [3.05, 3.63) is 39.8 Å². The molecule has 0 aliphatic carbocycles. The molecule has 0 atom stereocenters. The number of aryl methyl sites for hydroxylation is 2. The van der Waals surface area contributed by atoms with E-state index < -0.39 is 9.84 Å². The van der Waals surface area contributed by atoms with Gasteiger partial charge in [-0.15, -0.1) is 11.3 Å². The monoisotopic (exact) mass is 324 g/mol. The van der Waals surface area contributed by atoms with Gasteiger partial charge in [0, 0.05) is 17.8 Å². The summed E-state index contributed by atoms with van der Waals surface area (Å²) in [6.07, 6.45) is 0.845. The molecule has 4 nitrogen and oxygen atoms in total. The van der Waals surface area contributed by atoms with E-state index >= 15 is 0 Å². The van der Waals surface area contributed by atoms with E-state index in [4.69, 9.17) is 0 Å². The molecule has 0 saturated carbocycles. The Morgan fingerprint density at radius 3 is 2.57 bits per heavy atom. The summed E-state index contributed by atoms with van der Waals surface area (Å²) >= 11 is 1.69. The molecule has 2 aromatic rings. The number of benzene rings is 1. The van der Waals surface area contributed by atoms with Crippen LogP contribution in [0.4, 0.5) is 5.69 Å². The van der Waals surface area contributed by atoms with Crippen molar-refractivity contribution in [1.82, 2.24) is 4.98 Å². The Morgan fingerprint density at radius 2 is 1.95 bits per heavy atom. The SMILES string of the molecule is CCS(=O)(=O)c1ccccc1NCCc1sc(C)nc1C. The van der Waals surface area contributed by atoms with E-state index in [0.717, 1.165) is 17.1 Å². The first kappa shape index (κ1) is 16.0. The van der Waals surface area contributed by atoms with Gasteiger partial charge >= 0.3 is 0 Å². The minimum absolute atomic E-state index is 0.110. The van der Waals surface area contributed by atoms with Gasteiger partial charge in [0.05, 0.1) is 27.0 Å². The summed E-state index contributed by atoms with van der Waals surface area (Å²) in [4.78, 5) is 6.03. The Balaban J connectivity index is 2.09. The molecule has 1 aromatic heterocycles. The van der Waals surface area contributed by atoms with Crippen molar-refractivity contribution in [2.45, 2.75) is 32.1 Å². The zero-order chi connectivity index (χ0) is 15.5. The van der Waals surface area contributed by atoms with Gasteiger partial charge in [-0.3, -0.25) is 0 Å². The highest BCUT2D eigenvalue weighted by Gasteiger charge is 2.15. The van der Waals surface area contributed by atoms with Crippen LogP contribution in [0.1, 0.15) is 22.5 Å². The third-order valence-electron chi connectivity index (χ3n) is 3.27. The summed E-state index contributed by atoms with van der Waals surface area (Å²) in [5, 5.41) is 4.30. The molecular formula is C15H20N2O2S2. The number of rotatable bonds is 6. The van der Waals surface area contributed by atoms with Crippen molar-refractivity contribution in [3.8, 4) is 0 Å². The highest BCUT2D eigenvalue weighted by molar-refractivity contribution is 7.91. The number of anilines is 1. The van der Waals surface area contributed by atoms with E-state index in [1.807, 2.05) is 26.0 Å². The molecule has 1 aromatic carbocycles. The molecule has 0 bridgehead atoms. The topological polar surface area (TPSA) is 59.1 Å². The maximum Gasteiger partial charge on any atom is 0.180 e. The van der Waals surface area contributed by atoms with E-state index in [-0.39, 0.29) is 5.75 Å². The summed E-state index contributed by atoms with van der Waals surface area (Å²) in [6, 6.07) is 7.07. The molecule has 0 spiro atoms. The Bertz CT molecular complexity index is 721. The smallest absolute Gasteiger partial charge is 0.180 e. The number of nitrogens with one attached hydrogen (secondary N) is 1. The molecule has 114 valence electrons. The van der Waals surface area contributed by atoms with Crippen LogP contribution in [-0.4, -0.2) is 25.7 Å². The second-order valence-electron chi connectivity index (χ2n) is 4.82. The summed E-state index contributed by atoms with van der Waals surface area (Å²) < 4.78 is 24.1. The lowest BCUT2D eigenvalue weighted by atomic mass is 10.3. The van der Waals surface area contributed by atoms with Crippen molar-refractivity contribution < 1.29 is 8.42 Å². The van der Waals surface area contributed by atoms with Crippen LogP contribution in [0.25, 0.3) is 0 Å². The lowest BCUT2D eigenvalue weighted by molar-refractivity contribution is 0.597. The van der Waals surface area contributed by atoms with Crippen molar-refractivity contribution in [1.29, 1.82) is 0 Å². The van der Waals surface area contributed by atoms with Crippen LogP contribution < -0.4 is 5.32 Å². The molecule has 21 heavy (non-hydrogen) atoms. The first-order chi connectivity index (χ1) is 9.94. The average molecular weight is 324 g/mol. The van der Waals surface area contributed by atoms with E-state index in [0.29, 0.717) is 17.1 Å². The van der Waals surface area contributed by atoms with E-state index in [1.54, 1.807) is 30.4 Å². The van der Waals surface area contributed by atoms with E-state index in [2.05, 4.69) is 10.3 Å². The molecular weight excluding hydrogens is 304 g/mol. The van der Waals surface area contributed by atoms with Gasteiger partial charge in [0.15, 0.2) is 9.84 Å². The fourth-order valence-electron chi connectivity index (χ4n) is 2.16. The average Bonchev–Trinajstić information content (AvgIpc) is 2.77. The quantitative estimate of drug-likeness (QED) is 0.886. The molecule has 2 rings (SSSR count). The summed E-state index contributed by atoms with van der Waals surface area (Å²) in [7, 11) is -3.20. The molecule has 0 aliphatic heterocycles. The number of nitrogens with zero attached hydrogens (tertiary/aromatic N) is 1. The number of aromatic nitrogens is 1. The standard InChI is InChI=1S/C15H20N2O2S2/c1-4-21(18,19)15-8-6-5-7-13(15)16-10-9-14-11(2)17-12(3)20-14/h5-8,16H,4,9-10H2,1-3H3. The van der Waals surface area contributed by atoms with Gasteiger partial charge in [0.25, 0.3) is 0 Å². The number of hydrogen-bond acceptors (Lipinski definition) is 5. The second kappa shape index (κ2) is 6.58. The molecule has 0 radical (unpaired) electrons. The van der Waals surface area contributed by atoms with Crippen LogP contribution >= 0.6 is 11.3 Å². The molecule has 1 heterocycles. The maximum atomic E-state index is 12.1. The van der Waals surface area contributed by atoms with Gasteiger partial charge in [-0.25, -0.2) is 13.4 Å². The number of hydrogen-bond donors (Lipinski definition) is 1. The molecule has 1 N–H and O–H groups in total. The normalized spacial score (nSPS) is 11.6. The van der Waals surface area contributed by atoms with Gasteiger partial charge in [0.2, 0.25) is 0 Å². The molecule has 0 amide bonds. The highest BCUT2D eigenvalue weighted by Crippen LogP contribution is 2.23. The third-order valence-corrected chi connectivity index (χ3v) is 6.19. The minimum Gasteiger partial charge on any atom is -0.384 e. The first-order valence-corrected chi connectivity index (χ1v) is 9.39. The summed E-state index contributed by atoms with van der Waals surface area (Å²) in [5.74, 6) is 0.110. The fraction of sp³-hybridized carbons (Fsp3) is 0.400. The third kappa shape index (κ3) is 3.83. The van der Waals surface area contributed by atoms with Gasteiger partial charge in [-0.2, -0.15) is 0 Å². The Morgan fingerprint density at radius 1 is 1.24 bits per heavy atom. The van der Waals surface area contributed by atoms with Gasteiger partial charge < -0.3 is 5.32 Å². The van der Waals surface area contributed by atoms with Crippen molar-refractivity contribution in [2.75, 3.05) is 17.6 Å². The van der Waals surface area contributed by atoms with Crippen LogP contribution in [-0.2, 0) is 16.3 Å². The van der Waals surface area contributed by atoms with Crippen LogP contribution in [0.5, 0.6) is 0 Å². The van der Waals surface area contributed by atoms with E-state index in [9.17, 15) is 8.42 Å². The molecule has 0 unspecified atom stereocenters. The van der Waals surface area contributed by atoms with Crippen molar-refractivity contribution in [2.24, 2.45) is 0 Å². The maximum absolute atomic E-state index is 12.1. The molecule has 0 fully saturated rings. The summed E-state index contributed by atoms with van der Waals surface area (Å²) in [5.41, 5.74) is 1.74. The second-order valence-corrected chi connectivity index (χ2v) is 8.35. The lowest BCUT2D eigenvalue weighted by Crippen LogP contribution is -2.11. The number of thiazole rings is 1. The molecule has 6 heteroatoms. The highest BCUT2D eigenvalue weighted by atomic mass is 32.2. The fourth-order valence-corrected chi connectivity index (χ4v) is 4.16. The number of para-hydroxylation sites is 1. The molecule has 0 saturated heterocycles. The van der Waals surface area contributed by atoms with E-state index in [1.165, 1.54) is 4.88 Å². The Labute approximate surface area is 130 Å². The lowest BCUT2D eigenvalue weighted by Gasteiger charge is -2.11. The zero-order valence-electron chi connectivity index (χ0n) is 12.5. The summed E-state index contributed by atoms with van der Waals surface area (Å²) in [6.45, 7) is 6.36. The number of sulfone groups is 1. The van der Waals surface area contributed by atoms with Gasteiger partial charge in [-0.1, -0.05) is 19.1 Å². The van der Waals surface area contributed by atoms with Crippen LogP contribution in [0, 0.1) is 13.8 Å². The van der Waals surface area contributed by atoms with Gasteiger partial charge in [0.1, 0.15) is 0 Å². The van der Waals surface area contributed by atoms with Crippen LogP contribution in [0.3, 0.4) is 0 Å². The zero-order valence-corrected chi connectivity index (χ0v) is 14.1. The van der Waals surface area contributed by atoms with Crippen molar-refractivity contribution in [3.63, 3.8) is 0 Å². The van der Waals surface area contributed by atoms with Crippen LogP contribution in [0.15, 0.2) is 29.2 Å². The van der Waals surface area contributed by atoms with Gasteiger partial charge in [-0.05, 0) is 26.0 Å². The predicted molar refractivity (Wildman–Crippen MR) is 88.0 cm³/mol.